The standard InChI is InChI=1S/C18H24N4S.2ClH/c1-21(2)10-11-22-9-3-5-14-13-15(7-8-16(14)22)20-18(19)17-6-4-12-23-17;;/h4,6-8,12-13H,3,5,9-11H2,1-2H3,(H2,19,20);2*1H. The minimum Gasteiger partial charge on any atom is -0.383 e. The number of anilines is 1. The lowest BCUT2D eigenvalue weighted by Gasteiger charge is -2.32. The number of nitrogens with two attached hydrogens (primary N) is 1. The van der Waals surface area contributed by atoms with Crippen LogP contribution in [0.25, 0.3) is 0 Å². The summed E-state index contributed by atoms with van der Waals surface area (Å²) < 4.78 is 0. The van der Waals surface area contributed by atoms with Gasteiger partial charge in [0.05, 0.1) is 10.6 Å². The van der Waals surface area contributed by atoms with Crippen LogP contribution in [0.4, 0.5) is 11.4 Å². The molecule has 0 unspecified atom stereocenters. The lowest BCUT2D eigenvalue weighted by Crippen LogP contribution is -2.35. The summed E-state index contributed by atoms with van der Waals surface area (Å²) in [6, 6.07) is 10.5. The van der Waals surface area contributed by atoms with Crippen LogP contribution >= 0.6 is 36.2 Å². The van der Waals surface area contributed by atoms with Crippen molar-refractivity contribution in [3.05, 3.63) is 46.2 Å². The number of rotatable bonds is 5. The van der Waals surface area contributed by atoms with Crippen molar-refractivity contribution >= 4 is 53.4 Å². The molecule has 0 aliphatic carbocycles. The maximum Gasteiger partial charge on any atom is 0.141 e. The Labute approximate surface area is 166 Å². The summed E-state index contributed by atoms with van der Waals surface area (Å²) in [4.78, 5) is 10.3. The Balaban J connectivity index is 0.00000156. The third-order valence-corrected chi connectivity index (χ3v) is 5.01. The second-order valence-electron chi connectivity index (χ2n) is 6.18. The van der Waals surface area contributed by atoms with Crippen molar-refractivity contribution in [2.45, 2.75) is 12.8 Å². The highest BCUT2D eigenvalue weighted by Crippen LogP contribution is 2.30. The minimum atomic E-state index is 0. The first kappa shape index (κ1) is 21.8. The van der Waals surface area contributed by atoms with Crippen LogP contribution in [0, 0.1) is 0 Å². The topological polar surface area (TPSA) is 44.9 Å². The van der Waals surface area contributed by atoms with Crippen LogP contribution in [-0.2, 0) is 6.42 Å². The number of nitrogens with zero attached hydrogens (tertiary/aromatic N) is 3. The fourth-order valence-electron chi connectivity index (χ4n) is 2.90. The number of amidine groups is 1. The van der Waals surface area contributed by atoms with Gasteiger partial charge < -0.3 is 15.5 Å². The van der Waals surface area contributed by atoms with Gasteiger partial charge in [0, 0.05) is 25.3 Å². The Kier molecular flexibility index (Phi) is 8.73. The first-order valence-electron chi connectivity index (χ1n) is 8.04. The predicted octanol–water partition coefficient (Wildman–Crippen LogP) is 3.94. The van der Waals surface area contributed by atoms with Gasteiger partial charge in [0.2, 0.25) is 0 Å². The number of benzene rings is 1. The van der Waals surface area contributed by atoms with Gasteiger partial charge in [0.1, 0.15) is 5.84 Å². The van der Waals surface area contributed by atoms with E-state index < -0.39 is 0 Å². The quantitative estimate of drug-likeness (QED) is 0.610. The monoisotopic (exact) mass is 400 g/mol. The van der Waals surface area contributed by atoms with Crippen LogP contribution in [0.3, 0.4) is 0 Å². The van der Waals surface area contributed by atoms with E-state index >= 15 is 0 Å². The molecular weight excluding hydrogens is 375 g/mol. The number of halogens is 2. The van der Waals surface area contributed by atoms with Crippen molar-refractivity contribution in [1.82, 2.24) is 4.90 Å². The van der Waals surface area contributed by atoms with Gasteiger partial charge in [-0.1, -0.05) is 6.07 Å². The fraction of sp³-hybridized carbons (Fsp3) is 0.389. The van der Waals surface area contributed by atoms with E-state index in [1.54, 1.807) is 11.3 Å². The molecule has 1 aromatic carbocycles. The summed E-state index contributed by atoms with van der Waals surface area (Å²) in [6.45, 7) is 3.28. The summed E-state index contributed by atoms with van der Waals surface area (Å²) in [5.74, 6) is 0.597. The normalized spacial score (nSPS) is 13.9. The summed E-state index contributed by atoms with van der Waals surface area (Å²) in [5, 5.41) is 2.02. The number of hydrogen-bond acceptors (Lipinski definition) is 4. The van der Waals surface area contributed by atoms with E-state index in [4.69, 9.17) is 5.73 Å². The van der Waals surface area contributed by atoms with Gasteiger partial charge >= 0.3 is 0 Å². The third-order valence-electron chi connectivity index (χ3n) is 4.12. The molecule has 0 bridgehead atoms. The number of hydrogen-bond donors (Lipinski definition) is 1. The van der Waals surface area contributed by atoms with Crippen molar-refractivity contribution in [2.24, 2.45) is 10.7 Å². The van der Waals surface area contributed by atoms with Crippen molar-refractivity contribution in [3.8, 4) is 0 Å². The molecule has 0 amide bonds. The Morgan fingerprint density at radius 1 is 1.28 bits per heavy atom. The van der Waals surface area contributed by atoms with Gasteiger partial charge in [-0.15, -0.1) is 36.2 Å². The first-order chi connectivity index (χ1) is 11.1. The molecule has 0 radical (unpaired) electrons. The van der Waals surface area contributed by atoms with Crippen LogP contribution in [0.15, 0.2) is 40.7 Å². The molecule has 1 aliphatic rings. The molecule has 2 N–H and O–H groups in total. The van der Waals surface area contributed by atoms with Crippen molar-refractivity contribution in [1.29, 1.82) is 0 Å². The maximum atomic E-state index is 6.10. The lowest BCUT2D eigenvalue weighted by atomic mass is 10.0. The van der Waals surface area contributed by atoms with E-state index in [1.165, 1.54) is 17.7 Å². The van der Waals surface area contributed by atoms with Crippen LogP contribution in [0.2, 0.25) is 0 Å². The Bertz CT molecular complexity index is 686. The zero-order chi connectivity index (χ0) is 16.2. The largest absolute Gasteiger partial charge is 0.383 e. The van der Waals surface area contributed by atoms with Crippen molar-refractivity contribution in [3.63, 3.8) is 0 Å². The average molecular weight is 401 g/mol. The highest BCUT2D eigenvalue weighted by molar-refractivity contribution is 7.12. The summed E-state index contributed by atoms with van der Waals surface area (Å²) in [6.07, 6.45) is 2.32. The number of likely N-dealkylation sites (N-methyl/N-ethyl adjacent to an activating group) is 1. The Morgan fingerprint density at radius 2 is 2.08 bits per heavy atom. The highest BCUT2D eigenvalue weighted by Gasteiger charge is 2.17. The Hall–Kier alpha value is -1.27. The SMILES string of the molecule is CN(C)CCN1CCCc2cc(N=C(N)c3cccs3)ccc21.Cl.Cl. The highest BCUT2D eigenvalue weighted by atomic mass is 35.5. The van der Waals surface area contributed by atoms with E-state index in [2.05, 4.69) is 47.1 Å². The molecule has 138 valence electrons. The molecule has 1 aliphatic heterocycles. The van der Waals surface area contributed by atoms with Crippen LogP contribution in [0.1, 0.15) is 16.9 Å². The zero-order valence-corrected chi connectivity index (χ0v) is 17.1. The van der Waals surface area contributed by atoms with Gasteiger partial charge in [0.25, 0.3) is 0 Å². The van der Waals surface area contributed by atoms with Crippen LogP contribution < -0.4 is 10.6 Å². The third kappa shape index (κ3) is 5.61. The van der Waals surface area contributed by atoms with E-state index in [-0.39, 0.29) is 24.8 Å². The van der Waals surface area contributed by atoms with Crippen LogP contribution in [0.5, 0.6) is 0 Å². The minimum absolute atomic E-state index is 0. The molecule has 25 heavy (non-hydrogen) atoms. The molecule has 1 aromatic heterocycles. The number of aryl methyl sites for hydroxylation is 1. The fourth-order valence-corrected chi connectivity index (χ4v) is 3.53. The maximum absolute atomic E-state index is 6.10. The van der Waals surface area contributed by atoms with Crippen LogP contribution in [-0.4, -0.2) is 44.5 Å². The molecule has 0 atom stereocenters. The molecule has 0 saturated heterocycles. The van der Waals surface area contributed by atoms with E-state index in [1.807, 2.05) is 17.5 Å². The molecule has 4 nitrogen and oxygen atoms in total. The number of aliphatic imine (C=N–C) groups is 1. The zero-order valence-electron chi connectivity index (χ0n) is 14.6. The molecule has 0 spiro atoms. The van der Waals surface area contributed by atoms with E-state index in [0.29, 0.717) is 5.84 Å². The molecule has 7 heteroatoms. The summed E-state index contributed by atoms with van der Waals surface area (Å²) in [5.41, 5.74) is 9.79. The molecular formula is C18H26Cl2N4S. The molecule has 0 fully saturated rings. The molecule has 2 aromatic rings. The molecule has 2 heterocycles. The van der Waals surface area contributed by atoms with Crippen molar-refractivity contribution in [2.75, 3.05) is 38.6 Å². The van der Waals surface area contributed by atoms with Gasteiger partial charge in [0.15, 0.2) is 0 Å². The summed E-state index contributed by atoms with van der Waals surface area (Å²) >= 11 is 1.62. The Morgan fingerprint density at radius 3 is 2.76 bits per heavy atom. The lowest BCUT2D eigenvalue weighted by molar-refractivity contribution is 0.411. The van der Waals surface area contributed by atoms with Crippen molar-refractivity contribution < 1.29 is 0 Å². The number of fused-ring (bicyclic) bond motifs is 1. The van der Waals surface area contributed by atoms with Gasteiger partial charge in [-0.25, -0.2) is 4.99 Å². The molecule has 0 saturated carbocycles. The van der Waals surface area contributed by atoms with Gasteiger partial charge in [-0.2, -0.15) is 0 Å². The average Bonchev–Trinajstić information content (AvgIpc) is 3.07. The predicted molar refractivity (Wildman–Crippen MR) is 115 cm³/mol. The molecule has 3 rings (SSSR count). The van der Waals surface area contributed by atoms with E-state index in [9.17, 15) is 0 Å². The second kappa shape index (κ2) is 10.0. The van der Waals surface area contributed by atoms with Gasteiger partial charge in [-0.05, 0) is 62.1 Å². The smallest absolute Gasteiger partial charge is 0.141 e. The van der Waals surface area contributed by atoms with Gasteiger partial charge in [-0.3, -0.25) is 0 Å². The van der Waals surface area contributed by atoms with E-state index in [0.717, 1.165) is 36.6 Å². The summed E-state index contributed by atoms with van der Waals surface area (Å²) in [7, 11) is 4.24. The second-order valence-corrected chi connectivity index (χ2v) is 7.13. The first-order valence-corrected chi connectivity index (χ1v) is 8.92. The number of thiophene rings is 1.